The van der Waals surface area contributed by atoms with E-state index in [-0.39, 0.29) is 11.9 Å². The predicted octanol–water partition coefficient (Wildman–Crippen LogP) is 2.67. The molecular formula is C15H14N2O. The van der Waals surface area contributed by atoms with E-state index in [1.54, 1.807) is 0 Å². The number of rotatable bonds is 2. The molecule has 3 rings (SSSR count). The molecule has 0 aromatic heterocycles. The normalized spacial score (nSPS) is 18.8. The first-order chi connectivity index (χ1) is 8.84. The van der Waals surface area contributed by atoms with Gasteiger partial charge in [0.2, 0.25) is 5.91 Å². The summed E-state index contributed by atoms with van der Waals surface area (Å²) >= 11 is 0. The SMILES string of the molecule is O=C1C[C@@H](c2ccccc2)N(c2ccccc2)N1. The Hall–Kier alpha value is -2.29. The summed E-state index contributed by atoms with van der Waals surface area (Å²) in [6.07, 6.45) is 0.499. The zero-order chi connectivity index (χ0) is 12.4. The highest BCUT2D eigenvalue weighted by Gasteiger charge is 2.31. The number of hydrogen-bond donors (Lipinski definition) is 1. The van der Waals surface area contributed by atoms with Crippen LogP contribution in [0, 0.1) is 0 Å². The second-order valence-corrected chi connectivity index (χ2v) is 4.37. The van der Waals surface area contributed by atoms with E-state index >= 15 is 0 Å². The van der Waals surface area contributed by atoms with Gasteiger partial charge in [-0.1, -0.05) is 48.5 Å². The highest BCUT2D eigenvalue weighted by atomic mass is 16.2. The van der Waals surface area contributed by atoms with E-state index in [1.165, 1.54) is 0 Å². The first-order valence-corrected chi connectivity index (χ1v) is 6.03. The molecule has 1 aliphatic rings. The molecule has 90 valence electrons. The molecular weight excluding hydrogens is 224 g/mol. The molecule has 0 aliphatic carbocycles. The standard InChI is InChI=1S/C15H14N2O/c18-15-11-14(12-7-3-1-4-8-12)17(16-15)13-9-5-2-6-10-13/h1-10,14H,11H2,(H,16,18)/t14-/m0/s1. The van der Waals surface area contributed by atoms with Crippen molar-refractivity contribution >= 4 is 11.6 Å². The van der Waals surface area contributed by atoms with Crippen molar-refractivity contribution in [1.82, 2.24) is 5.43 Å². The highest BCUT2D eigenvalue weighted by molar-refractivity contribution is 5.83. The van der Waals surface area contributed by atoms with E-state index in [1.807, 2.05) is 53.5 Å². The lowest BCUT2D eigenvalue weighted by atomic mass is 10.0. The van der Waals surface area contributed by atoms with Gasteiger partial charge in [0.1, 0.15) is 0 Å². The van der Waals surface area contributed by atoms with E-state index in [0.29, 0.717) is 6.42 Å². The molecule has 18 heavy (non-hydrogen) atoms. The maximum absolute atomic E-state index is 11.7. The van der Waals surface area contributed by atoms with E-state index in [2.05, 4.69) is 17.6 Å². The molecule has 1 atom stereocenters. The monoisotopic (exact) mass is 238 g/mol. The second kappa shape index (κ2) is 4.53. The van der Waals surface area contributed by atoms with Crippen LogP contribution in [0.3, 0.4) is 0 Å². The lowest BCUT2D eigenvalue weighted by molar-refractivity contribution is -0.119. The van der Waals surface area contributed by atoms with Crippen molar-refractivity contribution in [3.63, 3.8) is 0 Å². The van der Waals surface area contributed by atoms with Crippen molar-refractivity contribution in [1.29, 1.82) is 0 Å². The topological polar surface area (TPSA) is 32.3 Å². The van der Waals surface area contributed by atoms with E-state index in [4.69, 9.17) is 0 Å². The zero-order valence-corrected chi connectivity index (χ0v) is 9.91. The largest absolute Gasteiger partial charge is 0.278 e. The third-order valence-corrected chi connectivity index (χ3v) is 3.15. The van der Waals surface area contributed by atoms with Gasteiger partial charge in [0, 0.05) is 0 Å². The summed E-state index contributed by atoms with van der Waals surface area (Å²) in [7, 11) is 0. The smallest absolute Gasteiger partial charge is 0.241 e. The third kappa shape index (κ3) is 1.95. The summed E-state index contributed by atoms with van der Waals surface area (Å²) in [6, 6.07) is 20.1. The molecule has 1 N–H and O–H groups in total. The summed E-state index contributed by atoms with van der Waals surface area (Å²) in [6.45, 7) is 0. The Morgan fingerprint density at radius 1 is 0.944 bits per heavy atom. The fourth-order valence-corrected chi connectivity index (χ4v) is 2.30. The lowest BCUT2D eigenvalue weighted by Gasteiger charge is -2.25. The molecule has 0 radical (unpaired) electrons. The molecule has 2 aromatic carbocycles. The van der Waals surface area contributed by atoms with Gasteiger partial charge in [-0.3, -0.25) is 15.2 Å². The maximum Gasteiger partial charge on any atom is 0.241 e. The van der Waals surface area contributed by atoms with Crippen molar-refractivity contribution in [3.8, 4) is 0 Å². The Kier molecular flexibility index (Phi) is 2.73. The van der Waals surface area contributed by atoms with Crippen LogP contribution in [0.15, 0.2) is 60.7 Å². The van der Waals surface area contributed by atoms with Crippen LogP contribution in [0.2, 0.25) is 0 Å². The number of benzene rings is 2. The summed E-state index contributed by atoms with van der Waals surface area (Å²) in [4.78, 5) is 11.7. The number of nitrogens with zero attached hydrogens (tertiary/aromatic N) is 1. The van der Waals surface area contributed by atoms with Gasteiger partial charge < -0.3 is 0 Å². The van der Waals surface area contributed by atoms with Gasteiger partial charge in [-0.2, -0.15) is 0 Å². The Bertz CT molecular complexity index is 489. The van der Waals surface area contributed by atoms with Crippen LogP contribution >= 0.6 is 0 Å². The molecule has 3 heteroatoms. The Morgan fingerprint density at radius 2 is 1.56 bits per heavy atom. The van der Waals surface area contributed by atoms with Crippen molar-refractivity contribution in [2.24, 2.45) is 0 Å². The zero-order valence-electron chi connectivity index (χ0n) is 9.91. The fraction of sp³-hybridized carbons (Fsp3) is 0.133. The molecule has 0 unspecified atom stereocenters. The lowest BCUT2D eigenvalue weighted by Crippen LogP contribution is -2.34. The Morgan fingerprint density at radius 3 is 2.22 bits per heavy atom. The number of anilines is 1. The molecule has 1 fully saturated rings. The van der Waals surface area contributed by atoms with Gasteiger partial charge in [-0.05, 0) is 17.7 Å². The van der Waals surface area contributed by atoms with Crippen molar-refractivity contribution < 1.29 is 4.79 Å². The number of amides is 1. The van der Waals surface area contributed by atoms with Gasteiger partial charge in [-0.15, -0.1) is 0 Å². The summed E-state index contributed by atoms with van der Waals surface area (Å²) in [5, 5.41) is 1.94. The minimum atomic E-state index is 0.0627. The van der Waals surface area contributed by atoms with Gasteiger partial charge in [0.25, 0.3) is 0 Å². The van der Waals surface area contributed by atoms with Crippen LogP contribution in [-0.2, 0) is 4.79 Å². The summed E-state index contributed by atoms with van der Waals surface area (Å²) in [5.74, 6) is 0.0627. The van der Waals surface area contributed by atoms with Crippen molar-refractivity contribution in [3.05, 3.63) is 66.2 Å². The number of carbonyl (C=O) groups is 1. The summed E-state index contributed by atoms with van der Waals surface area (Å²) < 4.78 is 0. The molecule has 1 saturated heterocycles. The molecule has 1 aliphatic heterocycles. The van der Waals surface area contributed by atoms with Crippen LogP contribution < -0.4 is 10.4 Å². The second-order valence-electron chi connectivity index (χ2n) is 4.37. The molecule has 1 amide bonds. The quantitative estimate of drug-likeness (QED) is 0.872. The van der Waals surface area contributed by atoms with Crippen molar-refractivity contribution in [2.45, 2.75) is 12.5 Å². The van der Waals surface area contributed by atoms with Gasteiger partial charge in [0.15, 0.2) is 0 Å². The highest BCUT2D eigenvalue weighted by Crippen LogP contribution is 2.31. The molecule has 0 bridgehead atoms. The van der Waals surface area contributed by atoms with Crippen LogP contribution in [-0.4, -0.2) is 5.91 Å². The maximum atomic E-state index is 11.7. The van der Waals surface area contributed by atoms with Gasteiger partial charge in [0.05, 0.1) is 18.2 Å². The predicted molar refractivity (Wildman–Crippen MR) is 70.9 cm³/mol. The van der Waals surface area contributed by atoms with Gasteiger partial charge in [-0.25, -0.2) is 0 Å². The van der Waals surface area contributed by atoms with Gasteiger partial charge >= 0.3 is 0 Å². The molecule has 0 spiro atoms. The fourth-order valence-electron chi connectivity index (χ4n) is 2.30. The Labute approximate surface area is 106 Å². The molecule has 1 heterocycles. The third-order valence-electron chi connectivity index (χ3n) is 3.15. The minimum Gasteiger partial charge on any atom is -0.278 e. The Balaban J connectivity index is 1.96. The molecule has 2 aromatic rings. The molecule has 0 saturated carbocycles. The van der Waals surface area contributed by atoms with Crippen LogP contribution in [0.4, 0.5) is 5.69 Å². The van der Waals surface area contributed by atoms with Crippen LogP contribution in [0.25, 0.3) is 0 Å². The van der Waals surface area contributed by atoms with E-state index in [0.717, 1.165) is 11.3 Å². The first kappa shape index (κ1) is 10.8. The minimum absolute atomic E-state index is 0.0627. The summed E-state index contributed by atoms with van der Waals surface area (Å²) in [5.41, 5.74) is 5.08. The van der Waals surface area contributed by atoms with Crippen LogP contribution in [0.1, 0.15) is 18.0 Å². The average Bonchev–Trinajstić information content (AvgIpc) is 2.83. The van der Waals surface area contributed by atoms with Crippen LogP contribution in [0.5, 0.6) is 0 Å². The number of para-hydroxylation sites is 1. The number of hydrogen-bond acceptors (Lipinski definition) is 2. The number of carbonyl (C=O) groups excluding carboxylic acids is 1. The van der Waals surface area contributed by atoms with Crippen molar-refractivity contribution in [2.75, 3.05) is 5.01 Å². The number of nitrogens with one attached hydrogen (secondary N) is 1. The number of hydrazine groups is 1. The van der Waals surface area contributed by atoms with E-state index < -0.39 is 0 Å². The van der Waals surface area contributed by atoms with E-state index in [9.17, 15) is 4.79 Å². The average molecular weight is 238 g/mol. The molecule has 3 nitrogen and oxygen atoms in total. The first-order valence-electron chi connectivity index (χ1n) is 6.03.